The number of thiocarbonyl (C=S) groups is 1. The fourth-order valence-corrected chi connectivity index (χ4v) is 5.06. The maximum atomic E-state index is 12.8. The summed E-state index contributed by atoms with van der Waals surface area (Å²) in [7, 11) is -2.70. The predicted molar refractivity (Wildman–Crippen MR) is 128 cm³/mol. The smallest absolute Gasteiger partial charge is 0.373 e. The van der Waals surface area contributed by atoms with Crippen molar-refractivity contribution in [3.63, 3.8) is 0 Å². The lowest BCUT2D eigenvalue weighted by Gasteiger charge is -2.19. The van der Waals surface area contributed by atoms with Crippen molar-refractivity contribution in [2.45, 2.75) is 6.18 Å². The van der Waals surface area contributed by atoms with Gasteiger partial charge in [-0.1, -0.05) is 54.3 Å². The van der Waals surface area contributed by atoms with Crippen LogP contribution in [0.2, 0.25) is 0 Å². The van der Waals surface area contributed by atoms with E-state index in [0.29, 0.717) is 20.6 Å². The number of carbonyl (C=O) groups excluding carboxylic acids is 1. The van der Waals surface area contributed by atoms with Crippen molar-refractivity contribution in [3.8, 4) is 0 Å². The minimum absolute atomic E-state index is 0.0602. The molecule has 0 atom stereocenters. The van der Waals surface area contributed by atoms with Gasteiger partial charge in [0.2, 0.25) is 0 Å². The Kier molecular flexibility index (Phi) is 7.83. The topological polar surface area (TPSA) is 66.9 Å². The molecule has 2 aromatic rings. The first-order chi connectivity index (χ1) is 15.5. The highest BCUT2D eigenvalue weighted by molar-refractivity contribution is 8.27. The SMILES string of the molecule is CN(CCS(=O)(=O)OCC(F)(F)F)c1ccc(/C=C2\SC(=S)N(c3ccccc3)C2=O)cc1. The van der Waals surface area contributed by atoms with Crippen LogP contribution in [0.3, 0.4) is 0 Å². The van der Waals surface area contributed by atoms with Crippen molar-refractivity contribution in [1.29, 1.82) is 0 Å². The van der Waals surface area contributed by atoms with Gasteiger partial charge in [0, 0.05) is 19.3 Å². The fourth-order valence-electron chi connectivity index (χ4n) is 2.84. The van der Waals surface area contributed by atoms with E-state index < -0.39 is 28.7 Å². The molecule has 0 bridgehead atoms. The Balaban J connectivity index is 1.62. The quantitative estimate of drug-likeness (QED) is 0.292. The Morgan fingerprint density at radius 2 is 1.76 bits per heavy atom. The van der Waals surface area contributed by atoms with Gasteiger partial charge in [0.15, 0.2) is 10.9 Å². The molecule has 0 unspecified atom stereocenters. The minimum atomic E-state index is -4.72. The van der Waals surface area contributed by atoms with Gasteiger partial charge in [0.25, 0.3) is 16.0 Å². The second-order valence-electron chi connectivity index (χ2n) is 7.00. The highest BCUT2D eigenvalue weighted by Crippen LogP contribution is 2.36. The van der Waals surface area contributed by atoms with Crippen LogP contribution in [-0.4, -0.2) is 50.8 Å². The number of carbonyl (C=O) groups is 1. The standard InChI is InChI=1S/C21H19F3N2O4S3/c1-25(11-12-33(28,29)30-14-21(22,23)24)16-9-7-15(8-10-16)13-18-19(27)26(20(31)32-18)17-5-3-2-4-6-17/h2-10,13H,11-12,14H2,1H3/b18-13-. The fraction of sp³-hybridized carbons (Fsp3) is 0.238. The third-order valence-electron chi connectivity index (χ3n) is 4.52. The molecular formula is C21H19F3N2O4S3. The minimum Gasteiger partial charge on any atom is -0.373 e. The molecule has 0 N–H and O–H groups in total. The zero-order chi connectivity index (χ0) is 24.2. The van der Waals surface area contributed by atoms with Crippen molar-refractivity contribution >= 4 is 61.8 Å². The zero-order valence-corrected chi connectivity index (χ0v) is 19.7. The maximum Gasteiger partial charge on any atom is 0.413 e. The molecule has 176 valence electrons. The van der Waals surface area contributed by atoms with Gasteiger partial charge in [0.1, 0.15) is 0 Å². The maximum absolute atomic E-state index is 12.8. The summed E-state index contributed by atoms with van der Waals surface area (Å²) in [4.78, 5) is 16.3. The first-order valence-electron chi connectivity index (χ1n) is 9.53. The summed E-state index contributed by atoms with van der Waals surface area (Å²) in [5.74, 6) is -0.815. The molecule has 0 radical (unpaired) electrons. The number of para-hydroxylation sites is 1. The number of anilines is 2. The molecule has 1 fully saturated rings. The zero-order valence-electron chi connectivity index (χ0n) is 17.3. The highest BCUT2D eigenvalue weighted by Gasteiger charge is 2.33. The van der Waals surface area contributed by atoms with Crippen molar-refractivity contribution < 1.29 is 30.6 Å². The van der Waals surface area contributed by atoms with Crippen molar-refractivity contribution in [1.82, 2.24) is 0 Å². The second-order valence-corrected chi connectivity index (χ2v) is 10.4. The normalized spacial score (nSPS) is 16.0. The molecule has 0 saturated carbocycles. The van der Waals surface area contributed by atoms with Crippen LogP contribution in [0.25, 0.3) is 6.08 Å². The van der Waals surface area contributed by atoms with E-state index in [1.165, 1.54) is 16.7 Å². The highest BCUT2D eigenvalue weighted by atomic mass is 32.2. The van der Waals surface area contributed by atoms with Crippen LogP contribution in [0.15, 0.2) is 59.5 Å². The first kappa shape index (κ1) is 25.2. The molecule has 3 rings (SSSR count). The molecule has 1 aliphatic rings. The molecule has 0 aliphatic carbocycles. The number of amides is 1. The lowest BCUT2D eigenvalue weighted by molar-refractivity contribution is -0.152. The van der Waals surface area contributed by atoms with Gasteiger partial charge in [0.05, 0.1) is 16.3 Å². The lowest BCUT2D eigenvalue weighted by atomic mass is 10.1. The average molecular weight is 517 g/mol. The molecule has 0 spiro atoms. The second kappa shape index (κ2) is 10.2. The van der Waals surface area contributed by atoms with Gasteiger partial charge < -0.3 is 4.90 Å². The van der Waals surface area contributed by atoms with Crippen LogP contribution in [0, 0.1) is 0 Å². The Hall–Kier alpha value is -2.41. The van der Waals surface area contributed by atoms with Crippen molar-refractivity contribution in [2.24, 2.45) is 0 Å². The number of nitrogens with zero attached hydrogens (tertiary/aromatic N) is 2. The number of hydrogen-bond acceptors (Lipinski definition) is 7. The van der Waals surface area contributed by atoms with Crippen LogP contribution < -0.4 is 9.80 Å². The van der Waals surface area contributed by atoms with Gasteiger partial charge >= 0.3 is 6.18 Å². The van der Waals surface area contributed by atoms with E-state index in [1.807, 2.05) is 18.2 Å². The predicted octanol–water partition coefficient (Wildman–Crippen LogP) is 4.44. The van der Waals surface area contributed by atoms with Crippen LogP contribution >= 0.6 is 24.0 Å². The molecule has 33 heavy (non-hydrogen) atoms. The Morgan fingerprint density at radius 1 is 1.12 bits per heavy atom. The van der Waals surface area contributed by atoms with E-state index in [9.17, 15) is 26.4 Å². The molecule has 1 amide bonds. The summed E-state index contributed by atoms with van der Waals surface area (Å²) < 4.78 is 64.2. The average Bonchev–Trinajstić information content (AvgIpc) is 3.04. The Bertz CT molecular complexity index is 1150. The first-order valence-corrected chi connectivity index (χ1v) is 12.3. The number of benzene rings is 2. The van der Waals surface area contributed by atoms with Crippen LogP contribution in [0.5, 0.6) is 0 Å². The summed E-state index contributed by atoms with van der Waals surface area (Å²) in [5, 5.41) is 0. The van der Waals surface area contributed by atoms with E-state index in [1.54, 1.807) is 54.4 Å². The van der Waals surface area contributed by atoms with E-state index in [0.717, 1.165) is 5.56 Å². The van der Waals surface area contributed by atoms with Crippen molar-refractivity contribution in [3.05, 3.63) is 65.1 Å². The largest absolute Gasteiger partial charge is 0.413 e. The molecular weight excluding hydrogens is 497 g/mol. The molecule has 12 heteroatoms. The monoisotopic (exact) mass is 516 g/mol. The number of rotatable bonds is 8. The van der Waals surface area contributed by atoms with Crippen LogP contribution in [0.4, 0.5) is 24.5 Å². The molecule has 0 aromatic heterocycles. The molecule has 1 aliphatic heterocycles. The van der Waals surface area contributed by atoms with E-state index in [4.69, 9.17) is 12.2 Å². The number of thioether (sulfide) groups is 1. The van der Waals surface area contributed by atoms with Gasteiger partial charge in [-0.2, -0.15) is 21.6 Å². The van der Waals surface area contributed by atoms with Gasteiger partial charge in [-0.15, -0.1) is 0 Å². The summed E-state index contributed by atoms with van der Waals surface area (Å²) in [5.41, 5.74) is 2.08. The summed E-state index contributed by atoms with van der Waals surface area (Å²) in [6.45, 7) is -1.90. The molecule has 1 saturated heterocycles. The lowest BCUT2D eigenvalue weighted by Crippen LogP contribution is -2.28. The third kappa shape index (κ3) is 7.03. The van der Waals surface area contributed by atoms with Crippen molar-refractivity contribution in [2.75, 3.05) is 35.8 Å². The summed E-state index contributed by atoms with van der Waals surface area (Å²) in [6.07, 6.45) is -3.01. The number of halogens is 3. The molecule has 2 aromatic carbocycles. The number of alkyl halides is 3. The molecule has 1 heterocycles. The van der Waals surface area contributed by atoms with Gasteiger partial charge in [-0.05, 0) is 35.9 Å². The summed E-state index contributed by atoms with van der Waals surface area (Å²) in [6, 6.07) is 16.0. The van der Waals surface area contributed by atoms with Gasteiger partial charge in [-0.25, -0.2) is 0 Å². The number of hydrogen-bond donors (Lipinski definition) is 0. The molecule has 6 nitrogen and oxygen atoms in total. The van der Waals surface area contributed by atoms with E-state index >= 15 is 0 Å². The van der Waals surface area contributed by atoms with Crippen LogP contribution in [0.1, 0.15) is 5.56 Å². The van der Waals surface area contributed by atoms with E-state index in [-0.39, 0.29) is 12.5 Å². The van der Waals surface area contributed by atoms with Crippen LogP contribution in [-0.2, 0) is 19.1 Å². The Morgan fingerprint density at radius 3 is 2.36 bits per heavy atom. The summed E-state index contributed by atoms with van der Waals surface area (Å²) >= 11 is 6.54. The van der Waals surface area contributed by atoms with Gasteiger partial charge in [-0.3, -0.25) is 13.9 Å². The van der Waals surface area contributed by atoms with E-state index in [2.05, 4.69) is 4.18 Å². The third-order valence-corrected chi connectivity index (χ3v) is 6.98. The Labute approximate surface area is 199 Å².